The first kappa shape index (κ1) is 13.1. The van der Waals surface area contributed by atoms with Crippen LogP contribution in [-0.4, -0.2) is 29.6 Å². The van der Waals surface area contributed by atoms with E-state index >= 15 is 0 Å². The van der Waals surface area contributed by atoms with Crippen molar-refractivity contribution in [2.75, 3.05) is 6.54 Å². The maximum absolute atomic E-state index is 11.2. The Bertz CT molecular complexity index is 394. The van der Waals surface area contributed by atoms with Crippen molar-refractivity contribution in [3.63, 3.8) is 0 Å². The minimum atomic E-state index is -1.49. The molecule has 5 nitrogen and oxygen atoms in total. The summed E-state index contributed by atoms with van der Waals surface area (Å²) in [5, 5.41) is 12.9. The molecule has 88 valence electrons. The highest BCUT2D eigenvalue weighted by Crippen LogP contribution is 2.19. The standard InChI is InChI=1S/C9H11BrN2O3S/c10-5-3-6(16-4-5)1-2-12-8(13)7(11)9(14)15/h3-4,7H,1-2,11H2,(H,12,13)(H,14,15). The highest BCUT2D eigenvalue weighted by Gasteiger charge is 2.20. The van der Waals surface area contributed by atoms with Crippen LogP contribution in [0.15, 0.2) is 15.9 Å². The Morgan fingerprint density at radius 3 is 2.81 bits per heavy atom. The van der Waals surface area contributed by atoms with Gasteiger partial charge in [-0.25, -0.2) is 4.79 Å². The van der Waals surface area contributed by atoms with Crippen molar-refractivity contribution in [2.45, 2.75) is 12.5 Å². The molecule has 16 heavy (non-hydrogen) atoms. The molecule has 1 aromatic heterocycles. The van der Waals surface area contributed by atoms with Crippen LogP contribution in [0.1, 0.15) is 4.88 Å². The van der Waals surface area contributed by atoms with E-state index in [0.717, 1.165) is 9.35 Å². The maximum atomic E-state index is 11.2. The molecule has 1 unspecified atom stereocenters. The molecular formula is C9H11BrN2O3S. The van der Waals surface area contributed by atoms with E-state index in [0.29, 0.717) is 13.0 Å². The Kier molecular flexibility index (Phi) is 4.91. The number of halogens is 1. The molecule has 0 fully saturated rings. The fraction of sp³-hybridized carbons (Fsp3) is 0.333. The summed E-state index contributed by atoms with van der Waals surface area (Å²) >= 11 is 4.89. The van der Waals surface area contributed by atoms with Gasteiger partial charge in [0.15, 0.2) is 6.04 Å². The average Bonchev–Trinajstić information content (AvgIpc) is 2.62. The molecule has 0 saturated heterocycles. The largest absolute Gasteiger partial charge is 0.480 e. The predicted molar refractivity (Wildman–Crippen MR) is 64.3 cm³/mol. The molecule has 1 amide bonds. The molecule has 1 heterocycles. The molecule has 0 spiro atoms. The van der Waals surface area contributed by atoms with Gasteiger partial charge in [-0.3, -0.25) is 4.79 Å². The van der Waals surface area contributed by atoms with Gasteiger partial charge in [0, 0.05) is 21.3 Å². The van der Waals surface area contributed by atoms with E-state index in [2.05, 4.69) is 21.2 Å². The summed E-state index contributed by atoms with van der Waals surface area (Å²) in [5.74, 6) is -1.99. The van der Waals surface area contributed by atoms with Gasteiger partial charge in [-0.1, -0.05) is 0 Å². The Morgan fingerprint density at radius 1 is 1.62 bits per heavy atom. The van der Waals surface area contributed by atoms with Crippen LogP contribution in [-0.2, 0) is 16.0 Å². The number of thiophene rings is 1. The minimum absolute atomic E-state index is 0.382. The van der Waals surface area contributed by atoms with Crippen LogP contribution in [0.3, 0.4) is 0 Å². The van der Waals surface area contributed by atoms with Crippen LogP contribution >= 0.6 is 27.3 Å². The Morgan fingerprint density at radius 2 is 2.31 bits per heavy atom. The molecule has 0 aromatic carbocycles. The lowest BCUT2D eigenvalue weighted by Gasteiger charge is -2.07. The second-order valence-electron chi connectivity index (χ2n) is 3.09. The lowest BCUT2D eigenvalue weighted by atomic mass is 10.3. The summed E-state index contributed by atoms with van der Waals surface area (Å²) in [6.07, 6.45) is 0.661. The van der Waals surface area contributed by atoms with E-state index in [-0.39, 0.29) is 0 Å². The highest BCUT2D eigenvalue weighted by atomic mass is 79.9. The average molecular weight is 307 g/mol. The van der Waals surface area contributed by atoms with Gasteiger partial charge in [-0.2, -0.15) is 0 Å². The van der Waals surface area contributed by atoms with E-state index in [1.165, 1.54) is 0 Å². The highest BCUT2D eigenvalue weighted by molar-refractivity contribution is 9.10. The summed E-state index contributed by atoms with van der Waals surface area (Å²) < 4.78 is 1.00. The van der Waals surface area contributed by atoms with Crippen LogP contribution in [0.2, 0.25) is 0 Å². The maximum Gasteiger partial charge on any atom is 0.330 e. The summed E-state index contributed by atoms with van der Waals surface area (Å²) in [4.78, 5) is 22.7. The SMILES string of the molecule is NC(C(=O)O)C(=O)NCCc1cc(Br)cs1. The van der Waals surface area contributed by atoms with Crippen molar-refractivity contribution >= 4 is 39.1 Å². The van der Waals surface area contributed by atoms with E-state index in [4.69, 9.17) is 10.8 Å². The first-order chi connectivity index (χ1) is 7.50. The van der Waals surface area contributed by atoms with Gasteiger partial charge < -0.3 is 16.2 Å². The van der Waals surface area contributed by atoms with Crippen LogP contribution in [0.5, 0.6) is 0 Å². The number of carbonyl (C=O) groups is 2. The Balaban J connectivity index is 2.30. The molecule has 4 N–H and O–H groups in total. The number of amides is 1. The lowest BCUT2D eigenvalue weighted by molar-refractivity contribution is -0.142. The molecule has 1 aromatic rings. The summed E-state index contributed by atoms with van der Waals surface area (Å²) in [7, 11) is 0. The molecule has 0 aliphatic rings. The van der Waals surface area contributed by atoms with Crippen molar-refractivity contribution in [1.82, 2.24) is 5.32 Å². The molecule has 0 aliphatic heterocycles. The smallest absolute Gasteiger partial charge is 0.330 e. The molecule has 0 radical (unpaired) electrons. The molecule has 0 saturated carbocycles. The third-order valence-corrected chi connectivity index (χ3v) is 3.60. The fourth-order valence-corrected chi connectivity index (χ4v) is 2.47. The van der Waals surface area contributed by atoms with Crippen LogP contribution in [0.25, 0.3) is 0 Å². The monoisotopic (exact) mass is 306 g/mol. The first-order valence-corrected chi connectivity index (χ1v) is 6.17. The van der Waals surface area contributed by atoms with Crippen LogP contribution in [0, 0.1) is 0 Å². The van der Waals surface area contributed by atoms with Gasteiger partial charge >= 0.3 is 5.97 Å². The predicted octanol–water partition coefficient (Wildman–Crippen LogP) is 0.581. The molecule has 7 heteroatoms. The third kappa shape index (κ3) is 3.92. The number of nitrogens with one attached hydrogen (secondary N) is 1. The van der Waals surface area contributed by atoms with Gasteiger partial charge in [0.1, 0.15) is 0 Å². The number of carboxylic acids is 1. The number of hydrogen-bond donors (Lipinski definition) is 3. The summed E-state index contributed by atoms with van der Waals surface area (Å²) in [6.45, 7) is 0.382. The van der Waals surface area contributed by atoms with Crippen molar-refractivity contribution < 1.29 is 14.7 Å². The van der Waals surface area contributed by atoms with Crippen LogP contribution < -0.4 is 11.1 Å². The molecular weight excluding hydrogens is 296 g/mol. The number of carboxylic acid groups (broad SMARTS) is 1. The second-order valence-corrected chi connectivity index (χ2v) is 5.00. The van der Waals surface area contributed by atoms with Crippen molar-refractivity contribution in [1.29, 1.82) is 0 Å². The first-order valence-electron chi connectivity index (χ1n) is 4.49. The number of rotatable bonds is 5. The topological polar surface area (TPSA) is 92.4 Å². The van der Waals surface area contributed by atoms with E-state index in [1.54, 1.807) is 11.3 Å². The number of hydrogen-bond acceptors (Lipinski definition) is 4. The van der Waals surface area contributed by atoms with Gasteiger partial charge in [0.05, 0.1) is 0 Å². The van der Waals surface area contributed by atoms with Gasteiger partial charge in [0.25, 0.3) is 0 Å². The normalized spacial score (nSPS) is 12.1. The zero-order valence-electron chi connectivity index (χ0n) is 8.27. The van der Waals surface area contributed by atoms with Gasteiger partial charge in [-0.15, -0.1) is 11.3 Å². The van der Waals surface area contributed by atoms with E-state index < -0.39 is 17.9 Å². The van der Waals surface area contributed by atoms with Gasteiger partial charge in [0.2, 0.25) is 5.91 Å². The minimum Gasteiger partial charge on any atom is -0.480 e. The number of carbonyl (C=O) groups excluding carboxylic acids is 1. The summed E-state index contributed by atoms with van der Waals surface area (Å²) in [5.41, 5.74) is 5.13. The quantitative estimate of drug-likeness (QED) is 0.694. The number of aliphatic carboxylic acids is 1. The second kappa shape index (κ2) is 5.97. The van der Waals surface area contributed by atoms with Gasteiger partial charge in [-0.05, 0) is 28.4 Å². The Labute approximate surface area is 105 Å². The van der Waals surface area contributed by atoms with E-state index in [1.807, 2.05) is 11.4 Å². The zero-order chi connectivity index (χ0) is 12.1. The van der Waals surface area contributed by atoms with Crippen LogP contribution in [0.4, 0.5) is 0 Å². The fourth-order valence-electron chi connectivity index (χ4n) is 1.02. The van der Waals surface area contributed by atoms with E-state index in [9.17, 15) is 9.59 Å². The molecule has 1 rings (SSSR count). The van der Waals surface area contributed by atoms with Crippen molar-refractivity contribution in [3.8, 4) is 0 Å². The molecule has 0 bridgehead atoms. The van der Waals surface area contributed by atoms with Crippen molar-refractivity contribution in [3.05, 3.63) is 20.8 Å². The zero-order valence-corrected chi connectivity index (χ0v) is 10.7. The molecule has 0 aliphatic carbocycles. The summed E-state index contributed by atoms with van der Waals surface area (Å²) in [6, 6.07) is 0.462. The number of nitrogens with two attached hydrogens (primary N) is 1. The van der Waals surface area contributed by atoms with Crippen molar-refractivity contribution in [2.24, 2.45) is 5.73 Å². The third-order valence-electron chi connectivity index (χ3n) is 1.84. The molecule has 1 atom stereocenters. The Hall–Kier alpha value is -0.920. The lowest BCUT2D eigenvalue weighted by Crippen LogP contribution is -2.46.